The van der Waals surface area contributed by atoms with E-state index in [1.807, 2.05) is 11.8 Å². The van der Waals surface area contributed by atoms with Crippen LogP contribution in [0, 0.1) is 12.8 Å². The molecule has 0 aliphatic carbocycles. The summed E-state index contributed by atoms with van der Waals surface area (Å²) in [7, 11) is -3.55. The van der Waals surface area contributed by atoms with Gasteiger partial charge >= 0.3 is 6.03 Å². The van der Waals surface area contributed by atoms with Crippen LogP contribution in [0.1, 0.15) is 32.3 Å². The number of nitrogens with one attached hydrogen (secondary N) is 3. The summed E-state index contributed by atoms with van der Waals surface area (Å²) in [4.78, 5) is 26.0. The van der Waals surface area contributed by atoms with E-state index < -0.39 is 22.1 Å². The number of likely N-dealkylation sites (tertiary alicyclic amines) is 1. The smallest absolute Gasteiger partial charge is 0.321 e. The van der Waals surface area contributed by atoms with Gasteiger partial charge in [0.2, 0.25) is 15.9 Å². The van der Waals surface area contributed by atoms with Gasteiger partial charge in [-0.15, -0.1) is 0 Å². The Labute approximate surface area is 167 Å². The van der Waals surface area contributed by atoms with Crippen molar-refractivity contribution in [2.75, 3.05) is 26.2 Å². The number of benzene rings is 1. The van der Waals surface area contributed by atoms with Crippen LogP contribution in [0.25, 0.3) is 0 Å². The van der Waals surface area contributed by atoms with Gasteiger partial charge in [-0.05, 0) is 58.2 Å². The highest BCUT2D eigenvalue weighted by molar-refractivity contribution is 7.89. The lowest BCUT2D eigenvalue weighted by Gasteiger charge is -2.36. The lowest BCUT2D eigenvalue weighted by atomic mass is 9.97. The van der Waals surface area contributed by atoms with Gasteiger partial charge < -0.3 is 5.32 Å². The molecule has 1 fully saturated rings. The largest absolute Gasteiger partial charge is 0.338 e. The van der Waals surface area contributed by atoms with Crippen LogP contribution in [0.5, 0.6) is 0 Å². The van der Waals surface area contributed by atoms with Crippen LogP contribution in [-0.2, 0) is 14.8 Å². The number of hydrogen-bond donors (Lipinski definition) is 3. The third-order valence-electron chi connectivity index (χ3n) is 4.94. The van der Waals surface area contributed by atoms with Gasteiger partial charge in [0.05, 0.1) is 10.9 Å². The number of hydrogen-bond acceptors (Lipinski definition) is 5. The van der Waals surface area contributed by atoms with Crippen LogP contribution in [0.15, 0.2) is 29.2 Å². The molecule has 2 atom stereocenters. The fourth-order valence-corrected chi connectivity index (χ4v) is 4.35. The highest BCUT2D eigenvalue weighted by Gasteiger charge is 2.29. The number of carbonyl (C=O) groups is 2. The molecule has 1 aromatic rings. The van der Waals surface area contributed by atoms with E-state index in [4.69, 9.17) is 0 Å². The topological polar surface area (TPSA) is 108 Å². The molecule has 28 heavy (non-hydrogen) atoms. The Bertz CT molecular complexity index is 780. The quantitative estimate of drug-likeness (QED) is 0.626. The molecule has 0 spiro atoms. The van der Waals surface area contributed by atoms with Crippen LogP contribution in [0.4, 0.5) is 4.79 Å². The van der Waals surface area contributed by atoms with Crippen molar-refractivity contribution in [3.05, 3.63) is 29.8 Å². The Hall–Kier alpha value is -1.97. The molecule has 0 radical (unpaired) electrons. The number of amides is 3. The molecule has 2 rings (SSSR count). The van der Waals surface area contributed by atoms with Gasteiger partial charge in [-0.25, -0.2) is 17.9 Å². The maximum absolute atomic E-state index is 12.5. The molecular weight excluding hydrogens is 380 g/mol. The SMILES string of the molecule is CCNC(=O)NC(=O)C(C)N1CCCC(CNS(=O)(=O)c2ccc(C)cc2)C1. The van der Waals surface area contributed by atoms with Crippen LogP contribution >= 0.6 is 0 Å². The number of piperidine rings is 1. The minimum Gasteiger partial charge on any atom is -0.338 e. The first-order chi connectivity index (χ1) is 13.2. The summed E-state index contributed by atoms with van der Waals surface area (Å²) in [6.45, 7) is 7.54. The lowest BCUT2D eigenvalue weighted by Crippen LogP contribution is -2.52. The van der Waals surface area contributed by atoms with Crippen LogP contribution in [-0.4, -0.2) is 57.5 Å². The molecule has 1 aromatic carbocycles. The second-order valence-electron chi connectivity index (χ2n) is 7.19. The predicted octanol–water partition coefficient (Wildman–Crippen LogP) is 1.22. The average Bonchev–Trinajstić information content (AvgIpc) is 2.66. The van der Waals surface area contributed by atoms with Gasteiger partial charge in [-0.3, -0.25) is 15.0 Å². The number of carbonyl (C=O) groups excluding carboxylic acids is 2. The molecule has 1 aliphatic rings. The summed E-state index contributed by atoms with van der Waals surface area (Å²) in [5, 5.41) is 4.87. The first-order valence-electron chi connectivity index (χ1n) is 9.62. The van der Waals surface area contributed by atoms with Gasteiger partial charge in [0.15, 0.2) is 0 Å². The highest BCUT2D eigenvalue weighted by atomic mass is 32.2. The number of sulfonamides is 1. The first kappa shape index (κ1) is 22.3. The third-order valence-corrected chi connectivity index (χ3v) is 6.38. The van der Waals surface area contributed by atoms with E-state index in [1.54, 1.807) is 38.1 Å². The Morgan fingerprint density at radius 1 is 1.25 bits per heavy atom. The molecule has 0 bridgehead atoms. The summed E-state index contributed by atoms with van der Waals surface area (Å²) in [6.07, 6.45) is 1.76. The Kier molecular flexibility index (Phi) is 7.97. The Morgan fingerprint density at radius 2 is 1.93 bits per heavy atom. The van der Waals surface area contributed by atoms with Gasteiger partial charge in [0, 0.05) is 19.6 Å². The summed E-state index contributed by atoms with van der Waals surface area (Å²) in [5.41, 5.74) is 1.00. The monoisotopic (exact) mass is 410 g/mol. The zero-order valence-electron chi connectivity index (χ0n) is 16.7. The zero-order chi connectivity index (χ0) is 20.7. The van der Waals surface area contributed by atoms with Crippen molar-refractivity contribution in [1.82, 2.24) is 20.3 Å². The minimum atomic E-state index is -3.55. The Morgan fingerprint density at radius 3 is 2.57 bits per heavy atom. The molecule has 156 valence electrons. The average molecular weight is 411 g/mol. The predicted molar refractivity (Wildman–Crippen MR) is 107 cm³/mol. The van der Waals surface area contributed by atoms with E-state index in [-0.39, 0.29) is 16.7 Å². The van der Waals surface area contributed by atoms with E-state index in [0.717, 1.165) is 24.9 Å². The molecule has 2 unspecified atom stereocenters. The van der Waals surface area contributed by atoms with Crippen molar-refractivity contribution in [3.63, 3.8) is 0 Å². The molecule has 0 aromatic heterocycles. The fraction of sp³-hybridized carbons (Fsp3) is 0.579. The maximum atomic E-state index is 12.5. The van der Waals surface area contributed by atoms with Crippen molar-refractivity contribution in [2.24, 2.45) is 5.92 Å². The van der Waals surface area contributed by atoms with Crippen LogP contribution in [0.2, 0.25) is 0 Å². The number of rotatable bonds is 7. The second-order valence-corrected chi connectivity index (χ2v) is 8.96. The third kappa shape index (κ3) is 6.29. The molecule has 1 heterocycles. The van der Waals surface area contributed by atoms with E-state index in [1.165, 1.54) is 0 Å². The Balaban J connectivity index is 1.89. The maximum Gasteiger partial charge on any atom is 0.321 e. The van der Waals surface area contributed by atoms with E-state index >= 15 is 0 Å². The molecule has 1 saturated heterocycles. The summed E-state index contributed by atoms with van der Waals surface area (Å²) in [5.74, 6) is -0.250. The van der Waals surface area contributed by atoms with Crippen molar-refractivity contribution in [1.29, 1.82) is 0 Å². The fourth-order valence-electron chi connectivity index (χ4n) is 3.23. The zero-order valence-corrected chi connectivity index (χ0v) is 17.5. The standard InChI is InChI=1S/C19H30N4O4S/c1-4-20-19(25)22-18(24)15(3)23-11-5-6-16(13-23)12-21-28(26,27)17-9-7-14(2)8-10-17/h7-10,15-16,21H,4-6,11-13H2,1-3H3,(H2,20,22,24,25). The van der Waals surface area contributed by atoms with Gasteiger partial charge in [0.1, 0.15) is 0 Å². The molecule has 3 N–H and O–H groups in total. The lowest BCUT2D eigenvalue weighted by molar-refractivity contribution is -0.125. The number of urea groups is 1. The normalized spacial score (nSPS) is 19.0. The molecule has 9 heteroatoms. The van der Waals surface area contributed by atoms with Crippen molar-refractivity contribution < 1.29 is 18.0 Å². The summed E-state index contributed by atoms with van der Waals surface area (Å²) in [6, 6.07) is 5.77. The molecule has 3 amide bonds. The van der Waals surface area contributed by atoms with Crippen molar-refractivity contribution in [3.8, 4) is 0 Å². The van der Waals surface area contributed by atoms with E-state index in [2.05, 4.69) is 15.4 Å². The van der Waals surface area contributed by atoms with E-state index in [9.17, 15) is 18.0 Å². The number of imide groups is 1. The number of aryl methyl sites for hydroxylation is 1. The van der Waals surface area contributed by atoms with Crippen LogP contribution in [0.3, 0.4) is 0 Å². The molecule has 0 saturated carbocycles. The molecular formula is C19H30N4O4S. The molecule has 1 aliphatic heterocycles. The van der Waals surface area contributed by atoms with Gasteiger partial charge in [0.25, 0.3) is 0 Å². The van der Waals surface area contributed by atoms with Gasteiger partial charge in [-0.1, -0.05) is 17.7 Å². The summed E-state index contributed by atoms with van der Waals surface area (Å²) < 4.78 is 27.6. The van der Waals surface area contributed by atoms with Gasteiger partial charge in [-0.2, -0.15) is 0 Å². The number of nitrogens with zero attached hydrogens (tertiary/aromatic N) is 1. The van der Waals surface area contributed by atoms with Crippen molar-refractivity contribution in [2.45, 2.75) is 44.6 Å². The second kappa shape index (κ2) is 9.99. The molecule has 8 nitrogen and oxygen atoms in total. The first-order valence-corrected chi connectivity index (χ1v) is 11.1. The van der Waals surface area contributed by atoms with Crippen molar-refractivity contribution >= 4 is 22.0 Å². The summed E-state index contributed by atoms with van der Waals surface area (Å²) >= 11 is 0. The minimum absolute atomic E-state index is 0.105. The highest BCUT2D eigenvalue weighted by Crippen LogP contribution is 2.19. The van der Waals surface area contributed by atoms with E-state index in [0.29, 0.717) is 19.6 Å². The van der Waals surface area contributed by atoms with Crippen LogP contribution < -0.4 is 15.4 Å².